The summed E-state index contributed by atoms with van der Waals surface area (Å²) in [4.78, 5) is 3.53. The standard InChI is InChI=1S/C13H12FN/c1-2-10-3-5-11(6-4-10)12-7-8-15-13(14)9-12/h3-9H,2H2,1H3. The van der Waals surface area contributed by atoms with Gasteiger partial charge in [0.1, 0.15) is 0 Å². The lowest BCUT2D eigenvalue weighted by atomic mass is 10.0. The highest BCUT2D eigenvalue weighted by Crippen LogP contribution is 2.19. The molecule has 0 atom stereocenters. The monoisotopic (exact) mass is 201 g/mol. The summed E-state index contributed by atoms with van der Waals surface area (Å²) in [6, 6.07) is 11.4. The van der Waals surface area contributed by atoms with Crippen LogP contribution in [0.3, 0.4) is 0 Å². The zero-order chi connectivity index (χ0) is 10.7. The molecule has 0 aliphatic heterocycles. The Morgan fingerprint density at radius 1 is 1.07 bits per heavy atom. The maximum atomic E-state index is 12.9. The average Bonchev–Trinajstić information content (AvgIpc) is 2.29. The quantitative estimate of drug-likeness (QED) is 0.678. The lowest BCUT2D eigenvalue weighted by Crippen LogP contribution is -1.85. The van der Waals surface area contributed by atoms with E-state index in [4.69, 9.17) is 0 Å². The molecule has 1 heterocycles. The predicted molar refractivity (Wildman–Crippen MR) is 59.0 cm³/mol. The average molecular weight is 201 g/mol. The molecular formula is C13H12FN. The molecule has 0 saturated carbocycles. The lowest BCUT2D eigenvalue weighted by Gasteiger charge is -2.02. The van der Waals surface area contributed by atoms with Gasteiger partial charge in [0.25, 0.3) is 0 Å². The van der Waals surface area contributed by atoms with Gasteiger partial charge in [-0.25, -0.2) is 4.98 Å². The first kappa shape index (κ1) is 9.84. The second-order valence-corrected chi connectivity index (χ2v) is 3.42. The number of rotatable bonds is 2. The number of hydrogen-bond donors (Lipinski definition) is 0. The van der Waals surface area contributed by atoms with Crippen LogP contribution in [-0.4, -0.2) is 4.98 Å². The van der Waals surface area contributed by atoms with Gasteiger partial charge in [-0.1, -0.05) is 31.2 Å². The number of aryl methyl sites for hydroxylation is 1. The summed E-state index contributed by atoms with van der Waals surface area (Å²) in [6.45, 7) is 2.11. The van der Waals surface area contributed by atoms with Gasteiger partial charge in [0, 0.05) is 12.3 Å². The van der Waals surface area contributed by atoms with Crippen molar-refractivity contribution < 1.29 is 4.39 Å². The molecule has 76 valence electrons. The molecule has 2 rings (SSSR count). The highest BCUT2D eigenvalue weighted by atomic mass is 19.1. The van der Waals surface area contributed by atoms with Crippen LogP contribution in [0.5, 0.6) is 0 Å². The van der Waals surface area contributed by atoms with Crippen LogP contribution in [0.4, 0.5) is 4.39 Å². The number of halogens is 1. The molecule has 0 N–H and O–H groups in total. The third kappa shape index (κ3) is 2.21. The van der Waals surface area contributed by atoms with Crippen molar-refractivity contribution >= 4 is 0 Å². The van der Waals surface area contributed by atoms with Crippen LogP contribution in [0, 0.1) is 5.95 Å². The van der Waals surface area contributed by atoms with Crippen LogP contribution < -0.4 is 0 Å². The minimum atomic E-state index is -0.438. The van der Waals surface area contributed by atoms with Gasteiger partial charge in [-0.15, -0.1) is 0 Å². The van der Waals surface area contributed by atoms with Crippen LogP contribution in [0.2, 0.25) is 0 Å². The van der Waals surface area contributed by atoms with Crippen LogP contribution in [0.1, 0.15) is 12.5 Å². The van der Waals surface area contributed by atoms with Gasteiger partial charge in [0.2, 0.25) is 5.95 Å². The summed E-state index contributed by atoms with van der Waals surface area (Å²) in [5, 5.41) is 0. The fraction of sp³-hybridized carbons (Fsp3) is 0.154. The van der Waals surface area contributed by atoms with Crippen LogP contribution in [-0.2, 0) is 6.42 Å². The largest absolute Gasteiger partial charge is 0.228 e. The minimum Gasteiger partial charge on any atom is -0.228 e. The van der Waals surface area contributed by atoms with Gasteiger partial charge in [0.15, 0.2) is 0 Å². The highest BCUT2D eigenvalue weighted by molar-refractivity contribution is 5.62. The van der Waals surface area contributed by atoms with E-state index in [0.717, 1.165) is 17.5 Å². The molecule has 1 nitrogen and oxygen atoms in total. The molecule has 0 bridgehead atoms. The molecule has 0 fully saturated rings. The number of benzene rings is 1. The Kier molecular flexibility index (Phi) is 2.77. The Labute approximate surface area is 88.6 Å². The van der Waals surface area contributed by atoms with Crippen LogP contribution in [0.25, 0.3) is 11.1 Å². The summed E-state index contributed by atoms with van der Waals surface area (Å²) < 4.78 is 12.9. The van der Waals surface area contributed by atoms with E-state index in [0.29, 0.717) is 0 Å². The van der Waals surface area contributed by atoms with Crippen molar-refractivity contribution in [2.45, 2.75) is 13.3 Å². The Balaban J connectivity index is 2.37. The number of aromatic nitrogens is 1. The maximum Gasteiger partial charge on any atom is 0.213 e. The Morgan fingerprint density at radius 3 is 2.40 bits per heavy atom. The van der Waals surface area contributed by atoms with Crippen LogP contribution >= 0.6 is 0 Å². The predicted octanol–water partition coefficient (Wildman–Crippen LogP) is 3.45. The Bertz CT molecular complexity index is 448. The number of pyridine rings is 1. The molecule has 0 unspecified atom stereocenters. The smallest absolute Gasteiger partial charge is 0.213 e. The van der Waals surface area contributed by atoms with E-state index in [1.165, 1.54) is 17.8 Å². The molecule has 2 aromatic rings. The summed E-state index contributed by atoms with van der Waals surface area (Å²) in [7, 11) is 0. The maximum absolute atomic E-state index is 12.9. The molecular weight excluding hydrogens is 189 g/mol. The van der Waals surface area contributed by atoms with E-state index in [-0.39, 0.29) is 0 Å². The third-order valence-electron chi connectivity index (χ3n) is 2.42. The summed E-state index contributed by atoms with van der Waals surface area (Å²) in [6.07, 6.45) is 2.50. The van der Waals surface area contributed by atoms with Crippen molar-refractivity contribution in [2.24, 2.45) is 0 Å². The molecule has 0 radical (unpaired) electrons. The van der Waals surface area contributed by atoms with Gasteiger partial charge in [-0.05, 0) is 29.2 Å². The van der Waals surface area contributed by atoms with E-state index >= 15 is 0 Å². The fourth-order valence-corrected chi connectivity index (χ4v) is 1.51. The van der Waals surface area contributed by atoms with E-state index in [1.807, 2.05) is 18.2 Å². The first-order valence-corrected chi connectivity index (χ1v) is 5.00. The zero-order valence-electron chi connectivity index (χ0n) is 8.57. The van der Waals surface area contributed by atoms with E-state index in [1.54, 1.807) is 0 Å². The lowest BCUT2D eigenvalue weighted by molar-refractivity contribution is 0.584. The summed E-state index contributed by atoms with van der Waals surface area (Å²) in [5.74, 6) is -0.438. The van der Waals surface area contributed by atoms with E-state index < -0.39 is 5.95 Å². The molecule has 0 amide bonds. The summed E-state index contributed by atoms with van der Waals surface area (Å²) in [5.41, 5.74) is 3.17. The Morgan fingerprint density at radius 2 is 1.80 bits per heavy atom. The second kappa shape index (κ2) is 4.22. The molecule has 0 aliphatic carbocycles. The van der Waals surface area contributed by atoms with Crippen molar-refractivity contribution in [3.63, 3.8) is 0 Å². The van der Waals surface area contributed by atoms with Gasteiger partial charge in [-0.2, -0.15) is 4.39 Å². The van der Waals surface area contributed by atoms with E-state index in [2.05, 4.69) is 24.0 Å². The van der Waals surface area contributed by atoms with Gasteiger partial charge in [0.05, 0.1) is 0 Å². The van der Waals surface area contributed by atoms with Crippen molar-refractivity contribution in [2.75, 3.05) is 0 Å². The fourth-order valence-electron chi connectivity index (χ4n) is 1.51. The molecule has 15 heavy (non-hydrogen) atoms. The van der Waals surface area contributed by atoms with Gasteiger partial charge >= 0.3 is 0 Å². The normalized spacial score (nSPS) is 10.3. The Hall–Kier alpha value is -1.70. The molecule has 1 aromatic carbocycles. The third-order valence-corrected chi connectivity index (χ3v) is 2.42. The number of hydrogen-bond acceptors (Lipinski definition) is 1. The molecule has 0 spiro atoms. The molecule has 2 heteroatoms. The molecule has 1 aromatic heterocycles. The zero-order valence-corrected chi connectivity index (χ0v) is 8.57. The van der Waals surface area contributed by atoms with Crippen molar-refractivity contribution in [1.82, 2.24) is 4.98 Å². The SMILES string of the molecule is CCc1ccc(-c2ccnc(F)c2)cc1. The second-order valence-electron chi connectivity index (χ2n) is 3.42. The summed E-state index contributed by atoms with van der Waals surface area (Å²) >= 11 is 0. The first-order chi connectivity index (χ1) is 7.29. The molecule has 0 saturated heterocycles. The van der Waals surface area contributed by atoms with Gasteiger partial charge < -0.3 is 0 Å². The molecule has 0 aliphatic rings. The highest BCUT2D eigenvalue weighted by Gasteiger charge is 1.99. The van der Waals surface area contributed by atoms with Crippen molar-refractivity contribution in [3.05, 3.63) is 54.1 Å². The van der Waals surface area contributed by atoms with Gasteiger partial charge in [-0.3, -0.25) is 0 Å². The number of nitrogens with zero attached hydrogens (tertiary/aromatic N) is 1. The van der Waals surface area contributed by atoms with Crippen LogP contribution in [0.15, 0.2) is 42.6 Å². The first-order valence-electron chi connectivity index (χ1n) is 5.00. The topological polar surface area (TPSA) is 12.9 Å². The van der Waals surface area contributed by atoms with E-state index in [9.17, 15) is 4.39 Å². The minimum absolute atomic E-state index is 0.438. The van der Waals surface area contributed by atoms with Crippen molar-refractivity contribution in [1.29, 1.82) is 0 Å². The van der Waals surface area contributed by atoms with Crippen molar-refractivity contribution in [3.8, 4) is 11.1 Å².